The van der Waals surface area contributed by atoms with Gasteiger partial charge in [-0.2, -0.15) is 5.10 Å². The van der Waals surface area contributed by atoms with Crippen molar-refractivity contribution in [2.45, 2.75) is 18.9 Å². The summed E-state index contributed by atoms with van der Waals surface area (Å²) in [5.74, 6) is 0.549. The summed E-state index contributed by atoms with van der Waals surface area (Å²) in [6.07, 6.45) is 8.91. The Bertz CT molecular complexity index is 1290. The number of hydrogen-bond acceptors (Lipinski definition) is 6. The zero-order valence-electron chi connectivity index (χ0n) is 18.7. The van der Waals surface area contributed by atoms with Gasteiger partial charge in [0.15, 0.2) is 0 Å². The Morgan fingerprint density at radius 3 is 2.67 bits per heavy atom. The number of rotatable bonds is 5. The van der Waals surface area contributed by atoms with Crippen LogP contribution in [0.3, 0.4) is 0 Å². The number of methoxy groups -OCH3 is 1. The van der Waals surface area contributed by atoms with Crippen LogP contribution in [-0.2, 0) is 7.05 Å². The fourth-order valence-electron chi connectivity index (χ4n) is 4.25. The number of carbonyl (C=O) groups is 1. The minimum absolute atomic E-state index is 0.0615. The van der Waals surface area contributed by atoms with Gasteiger partial charge in [-0.15, -0.1) is 0 Å². The summed E-state index contributed by atoms with van der Waals surface area (Å²) in [7, 11) is 3.43. The Balaban J connectivity index is 1.26. The van der Waals surface area contributed by atoms with Crippen LogP contribution in [0.25, 0.3) is 22.0 Å². The van der Waals surface area contributed by atoms with Crippen LogP contribution in [-0.4, -0.2) is 51.9 Å². The molecule has 1 saturated heterocycles. The maximum atomic E-state index is 12.4. The number of carbonyl (C=O) groups excluding carboxylic acids is 1. The van der Waals surface area contributed by atoms with E-state index in [1.807, 2.05) is 37.6 Å². The van der Waals surface area contributed by atoms with Crippen molar-refractivity contribution < 1.29 is 9.53 Å². The molecule has 0 radical (unpaired) electrons. The van der Waals surface area contributed by atoms with E-state index in [1.165, 1.54) is 0 Å². The van der Waals surface area contributed by atoms with Crippen LogP contribution in [0, 0.1) is 0 Å². The van der Waals surface area contributed by atoms with Gasteiger partial charge in [0.1, 0.15) is 0 Å². The summed E-state index contributed by atoms with van der Waals surface area (Å²) >= 11 is 0. The summed E-state index contributed by atoms with van der Waals surface area (Å²) in [5, 5.41) is 8.26. The maximum Gasteiger partial charge on any atom is 0.254 e. The summed E-state index contributed by atoms with van der Waals surface area (Å²) in [6.45, 7) is 1.73. The Kier molecular flexibility index (Phi) is 5.64. The number of benzene rings is 1. The predicted molar refractivity (Wildman–Crippen MR) is 127 cm³/mol. The number of nitrogens with zero attached hydrogens (tertiary/aromatic N) is 5. The summed E-state index contributed by atoms with van der Waals surface area (Å²) < 4.78 is 6.86. The Morgan fingerprint density at radius 1 is 1.06 bits per heavy atom. The average Bonchev–Trinajstić information content (AvgIpc) is 3.30. The number of ether oxygens (including phenoxy) is 1. The van der Waals surface area contributed by atoms with Crippen LogP contribution in [0.15, 0.2) is 61.2 Å². The predicted octanol–water partition coefficient (Wildman–Crippen LogP) is 3.44. The van der Waals surface area contributed by atoms with Gasteiger partial charge in [0.05, 0.1) is 36.3 Å². The standard InChI is InChI=1S/C25H26N6O2/c1-30-16-20(14-27-30)25(32)28-21-7-9-31(10-8-21)22-12-19(13-26-15-22)17-3-5-23-18(11-17)4-6-24(29-23)33-2/h3-6,11-16,21H,7-10H2,1-2H3,(H,28,32). The first-order valence-electron chi connectivity index (χ1n) is 11.0. The second-order valence-corrected chi connectivity index (χ2v) is 8.33. The van der Waals surface area contributed by atoms with Gasteiger partial charge < -0.3 is 15.0 Å². The fraction of sp³-hybridized carbons (Fsp3) is 0.280. The van der Waals surface area contributed by atoms with Crippen LogP contribution in [0.1, 0.15) is 23.2 Å². The molecule has 1 aromatic carbocycles. The molecule has 0 unspecified atom stereocenters. The van der Waals surface area contributed by atoms with Gasteiger partial charge in [-0.25, -0.2) is 4.98 Å². The molecule has 8 nitrogen and oxygen atoms in total. The van der Waals surface area contributed by atoms with E-state index in [2.05, 4.69) is 43.5 Å². The van der Waals surface area contributed by atoms with Gasteiger partial charge in [0.25, 0.3) is 5.91 Å². The van der Waals surface area contributed by atoms with E-state index >= 15 is 0 Å². The Hall–Kier alpha value is -3.94. The molecule has 0 saturated carbocycles. The molecule has 3 aromatic heterocycles. The van der Waals surface area contributed by atoms with Gasteiger partial charge in [0, 0.05) is 55.6 Å². The number of anilines is 1. The molecule has 0 aliphatic carbocycles. The fourth-order valence-corrected chi connectivity index (χ4v) is 4.25. The van der Waals surface area contributed by atoms with Crippen LogP contribution >= 0.6 is 0 Å². The van der Waals surface area contributed by atoms with Crippen molar-refractivity contribution in [3.05, 3.63) is 66.7 Å². The van der Waals surface area contributed by atoms with Crippen molar-refractivity contribution in [1.29, 1.82) is 0 Å². The number of nitrogens with one attached hydrogen (secondary N) is 1. The smallest absolute Gasteiger partial charge is 0.254 e. The number of amides is 1. The largest absolute Gasteiger partial charge is 0.481 e. The number of aromatic nitrogens is 4. The Morgan fingerprint density at radius 2 is 1.91 bits per heavy atom. The molecule has 4 aromatic rings. The molecule has 5 rings (SSSR count). The minimum Gasteiger partial charge on any atom is -0.481 e. The number of fused-ring (bicyclic) bond motifs is 1. The number of piperidine rings is 1. The van der Waals surface area contributed by atoms with Crippen LogP contribution in [0.2, 0.25) is 0 Å². The van der Waals surface area contributed by atoms with E-state index in [-0.39, 0.29) is 11.9 Å². The zero-order chi connectivity index (χ0) is 22.8. The summed E-state index contributed by atoms with van der Waals surface area (Å²) in [4.78, 5) is 23.7. The lowest BCUT2D eigenvalue weighted by Gasteiger charge is -2.33. The monoisotopic (exact) mass is 442 g/mol. The van der Waals surface area contributed by atoms with Gasteiger partial charge >= 0.3 is 0 Å². The first-order valence-corrected chi connectivity index (χ1v) is 11.0. The van der Waals surface area contributed by atoms with Crippen LogP contribution in [0.4, 0.5) is 5.69 Å². The molecular weight excluding hydrogens is 416 g/mol. The lowest BCUT2D eigenvalue weighted by Crippen LogP contribution is -2.44. The number of hydrogen-bond donors (Lipinski definition) is 1. The lowest BCUT2D eigenvalue weighted by atomic mass is 10.0. The molecule has 0 bridgehead atoms. The number of pyridine rings is 2. The highest BCUT2D eigenvalue weighted by atomic mass is 16.5. The highest BCUT2D eigenvalue weighted by molar-refractivity contribution is 5.93. The minimum atomic E-state index is -0.0615. The van der Waals surface area contributed by atoms with Crippen molar-refractivity contribution >= 4 is 22.5 Å². The summed E-state index contributed by atoms with van der Waals surface area (Å²) in [6, 6.07) is 12.4. The van der Waals surface area contributed by atoms with Crippen molar-refractivity contribution in [3.63, 3.8) is 0 Å². The average molecular weight is 443 g/mol. The highest BCUT2D eigenvalue weighted by Crippen LogP contribution is 2.28. The zero-order valence-corrected chi connectivity index (χ0v) is 18.7. The van der Waals surface area contributed by atoms with Crippen LogP contribution < -0.4 is 15.0 Å². The van der Waals surface area contributed by atoms with Crippen molar-refractivity contribution in [2.24, 2.45) is 7.05 Å². The van der Waals surface area contributed by atoms with Gasteiger partial charge in [-0.3, -0.25) is 14.5 Å². The third-order valence-corrected chi connectivity index (χ3v) is 6.09. The quantitative estimate of drug-likeness (QED) is 0.510. The third-order valence-electron chi connectivity index (χ3n) is 6.09. The second kappa shape index (κ2) is 8.90. The van der Waals surface area contributed by atoms with Gasteiger partial charge in [0.2, 0.25) is 5.88 Å². The molecule has 1 aliphatic rings. The highest BCUT2D eigenvalue weighted by Gasteiger charge is 2.22. The van der Waals surface area contributed by atoms with E-state index in [0.29, 0.717) is 11.4 Å². The topological polar surface area (TPSA) is 85.2 Å². The first kappa shape index (κ1) is 20.9. The van der Waals surface area contributed by atoms with Crippen molar-refractivity contribution in [1.82, 2.24) is 25.1 Å². The normalized spacial score (nSPS) is 14.4. The molecule has 1 fully saturated rings. The molecule has 0 atom stereocenters. The Labute approximate surface area is 192 Å². The van der Waals surface area contributed by atoms with Gasteiger partial charge in [-0.1, -0.05) is 6.07 Å². The first-order chi connectivity index (χ1) is 16.1. The lowest BCUT2D eigenvalue weighted by molar-refractivity contribution is 0.0931. The molecule has 168 valence electrons. The third kappa shape index (κ3) is 4.50. The molecule has 1 aliphatic heterocycles. The molecular formula is C25H26N6O2. The maximum absolute atomic E-state index is 12.4. The molecule has 1 amide bonds. The molecule has 0 spiro atoms. The van der Waals surface area contributed by atoms with Gasteiger partial charge in [-0.05, 0) is 42.7 Å². The molecule has 8 heteroatoms. The molecule has 4 heterocycles. The second-order valence-electron chi connectivity index (χ2n) is 8.33. The van der Waals surface area contributed by atoms with Crippen molar-refractivity contribution in [2.75, 3.05) is 25.1 Å². The van der Waals surface area contributed by atoms with E-state index in [1.54, 1.807) is 24.2 Å². The van der Waals surface area contributed by atoms with E-state index < -0.39 is 0 Å². The number of aryl methyl sites for hydroxylation is 1. The van der Waals surface area contributed by atoms with Crippen LogP contribution in [0.5, 0.6) is 5.88 Å². The van der Waals surface area contributed by atoms with E-state index in [0.717, 1.165) is 53.6 Å². The SMILES string of the molecule is COc1ccc2cc(-c3cncc(N4CCC(NC(=O)c5cnn(C)c5)CC4)c3)ccc2n1. The summed E-state index contributed by atoms with van der Waals surface area (Å²) in [5.41, 5.74) is 4.76. The molecule has 33 heavy (non-hydrogen) atoms. The van der Waals surface area contributed by atoms with E-state index in [9.17, 15) is 4.79 Å². The van der Waals surface area contributed by atoms with E-state index in [4.69, 9.17) is 4.74 Å². The van der Waals surface area contributed by atoms with Crippen molar-refractivity contribution in [3.8, 4) is 17.0 Å². The molecule has 1 N–H and O–H groups in total.